The Morgan fingerprint density at radius 1 is 1.10 bits per heavy atom. The molecule has 0 bridgehead atoms. The number of rotatable bonds is 5. The first-order valence-corrected chi connectivity index (χ1v) is 10.4. The fourth-order valence-electron chi connectivity index (χ4n) is 2.88. The molecule has 1 amide bonds. The molecule has 0 fully saturated rings. The number of amides is 1. The van der Waals surface area contributed by atoms with E-state index >= 15 is 0 Å². The van der Waals surface area contributed by atoms with Gasteiger partial charge in [-0.05, 0) is 74.5 Å². The van der Waals surface area contributed by atoms with Gasteiger partial charge in [0.25, 0.3) is 5.91 Å². The molecule has 1 aromatic heterocycles. The van der Waals surface area contributed by atoms with Crippen LogP contribution >= 0.6 is 27.5 Å². The number of carbonyl (C=O) groups is 1. The Labute approximate surface area is 187 Å². The highest BCUT2D eigenvalue weighted by Gasteiger charge is 2.30. The van der Waals surface area contributed by atoms with Crippen LogP contribution in [0, 0.1) is 0 Å². The van der Waals surface area contributed by atoms with Crippen LogP contribution in [-0.4, -0.2) is 16.5 Å². The van der Waals surface area contributed by atoms with Crippen LogP contribution in [-0.2, 0) is 4.79 Å². The van der Waals surface area contributed by atoms with E-state index in [-0.39, 0.29) is 5.91 Å². The summed E-state index contributed by atoms with van der Waals surface area (Å²) in [5.41, 5.74) is 1.57. The molecule has 0 saturated heterocycles. The molecule has 0 unspecified atom stereocenters. The highest BCUT2D eigenvalue weighted by molar-refractivity contribution is 9.10. The summed E-state index contributed by atoms with van der Waals surface area (Å²) in [6.45, 7) is 3.44. The van der Waals surface area contributed by atoms with Crippen LogP contribution in [0.3, 0.4) is 0 Å². The fourth-order valence-corrected chi connectivity index (χ4v) is 3.33. The van der Waals surface area contributed by atoms with Gasteiger partial charge in [-0.25, -0.2) is 4.98 Å². The third-order valence-corrected chi connectivity index (χ3v) is 5.21. The number of nitrogens with zero attached hydrogens (tertiary/aromatic N) is 1. The number of nitrogens with one attached hydrogen (secondary N) is 1. The molecule has 152 valence electrons. The van der Waals surface area contributed by atoms with Crippen LogP contribution in [0.4, 0.5) is 5.69 Å². The molecule has 0 saturated carbocycles. The summed E-state index contributed by atoms with van der Waals surface area (Å²) >= 11 is 9.44. The molecule has 0 aliphatic rings. The standard InChI is InChI=1S/C23H18BrClN2O3/c1-23(2,30-18-9-6-15(24)7-10-18)22(28)26-17-8-11-20-19(13-17)27-21(29-20)14-4-3-5-16(25)12-14/h3-13H,1-2H3,(H,26,28). The number of anilines is 1. The van der Waals surface area contributed by atoms with Gasteiger partial charge in [-0.1, -0.05) is 33.6 Å². The van der Waals surface area contributed by atoms with Gasteiger partial charge in [0.1, 0.15) is 11.3 Å². The molecule has 0 aliphatic heterocycles. The van der Waals surface area contributed by atoms with Crippen LogP contribution in [0.25, 0.3) is 22.6 Å². The third-order valence-electron chi connectivity index (χ3n) is 4.45. The maximum absolute atomic E-state index is 12.8. The number of fused-ring (bicyclic) bond motifs is 1. The molecule has 0 atom stereocenters. The van der Waals surface area contributed by atoms with Crippen LogP contribution in [0.5, 0.6) is 5.75 Å². The van der Waals surface area contributed by atoms with Gasteiger partial charge in [-0.3, -0.25) is 4.79 Å². The van der Waals surface area contributed by atoms with Crippen LogP contribution in [0.15, 0.2) is 75.6 Å². The van der Waals surface area contributed by atoms with Crippen molar-refractivity contribution >= 4 is 50.2 Å². The molecule has 30 heavy (non-hydrogen) atoms. The summed E-state index contributed by atoms with van der Waals surface area (Å²) in [5.74, 6) is 0.801. The van der Waals surface area contributed by atoms with Crippen LogP contribution < -0.4 is 10.1 Å². The van der Waals surface area contributed by atoms with E-state index in [0.717, 1.165) is 10.0 Å². The molecule has 1 heterocycles. The van der Waals surface area contributed by atoms with Crippen molar-refractivity contribution in [2.45, 2.75) is 19.4 Å². The Kier molecular flexibility index (Phi) is 5.54. The number of carbonyl (C=O) groups excluding carboxylic acids is 1. The van der Waals surface area contributed by atoms with E-state index in [2.05, 4.69) is 26.2 Å². The highest BCUT2D eigenvalue weighted by atomic mass is 79.9. The summed E-state index contributed by atoms with van der Waals surface area (Å²) in [4.78, 5) is 17.3. The molecular weight excluding hydrogens is 468 g/mol. The van der Waals surface area contributed by atoms with Crippen molar-refractivity contribution in [3.63, 3.8) is 0 Å². The smallest absolute Gasteiger partial charge is 0.267 e. The second-order valence-corrected chi connectivity index (χ2v) is 8.58. The SMILES string of the molecule is CC(C)(Oc1ccc(Br)cc1)C(=O)Nc1ccc2oc(-c3cccc(Cl)c3)nc2c1. The van der Waals surface area contributed by atoms with Crippen molar-refractivity contribution in [2.24, 2.45) is 0 Å². The van der Waals surface area contributed by atoms with Crippen molar-refractivity contribution in [3.05, 3.63) is 76.2 Å². The zero-order valence-corrected chi connectivity index (χ0v) is 18.6. The first-order chi connectivity index (χ1) is 14.3. The number of ether oxygens (including phenoxy) is 1. The number of hydrogen-bond acceptors (Lipinski definition) is 4. The predicted octanol–water partition coefficient (Wildman–Crippen LogP) is 6.71. The van der Waals surface area contributed by atoms with Gasteiger partial charge < -0.3 is 14.5 Å². The second kappa shape index (κ2) is 8.13. The largest absolute Gasteiger partial charge is 0.478 e. The van der Waals surface area contributed by atoms with Crippen molar-refractivity contribution in [3.8, 4) is 17.2 Å². The highest BCUT2D eigenvalue weighted by Crippen LogP contribution is 2.28. The van der Waals surface area contributed by atoms with E-state index in [9.17, 15) is 4.79 Å². The Bertz CT molecular complexity index is 1220. The number of aromatic nitrogens is 1. The quantitative estimate of drug-likeness (QED) is 0.341. The van der Waals surface area contributed by atoms with E-state index in [1.807, 2.05) is 24.3 Å². The fraction of sp³-hybridized carbons (Fsp3) is 0.130. The first-order valence-electron chi connectivity index (χ1n) is 9.23. The molecule has 7 heteroatoms. The second-order valence-electron chi connectivity index (χ2n) is 7.23. The normalized spacial score (nSPS) is 11.5. The minimum absolute atomic E-state index is 0.275. The number of halogens is 2. The molecule has 5 nitrogen and oxygen atoms in total. The van der Waals surface area contributed by atoms with Gasteiger partial charge >= 0.3 is 0 Å². The van der Waals surface area contributed by atoms with Crippen molar-refractivity contribution < 1.29 is 13.9 Å². The summed E-state index contributed by atoms with van der Waals surface area (Å²) in [5, 5.41) is 3.50. The van der Waals surface area contributed by atoms with Crippen LogP contribution in [0.2, 0.25) is 5.02 Å². The Hall–Kier alpha value is -2.83. The van der Waals surface area contributed by atoms with Crippen LogP contribution in [0.1, 0.15) is 13.8 Å². The first kappa shape index (κ1) is 20.4. The summed E-state index contributed by atoms with van der Waals surface area (Å²) in [6.07, 6.45) is 0. The Morgan fingerprint density at radius 3 is 2.60 bits per heavy atom. The molecule has 0 radical (unpaired) electrons. The van der Waals surface area contributed by atoms with Crippen molar-refractivity contribution in [2.75, 3.05) is 5.32 Å². The lowest BCUT2D eigenvalue weighted by atomic mass is 10.1. The number of oxazole rings is 1. The van der Waals surface area contributed by atoms with Gasteiger partial charge in [0, 0.05) is 20.7 Å². The monoisotopic (exact) mass is 484 g/mol. The maximum atomic E-state index is 12.8. The van der Waals surface area contributed by atoms with Gasteiger partial charge in [0.2, 0.25) is 5.89 Å². The minimum atomic E-state index is -1.07. The van der Waals surface area contributed by atoms with Gasteiger partial charge in [-0.2, -0.15) is 0 Å². The lowest BCUT2D eigenvalue weighted by Crippen LogP contribution is -2.42. The summed E-state index contributed by atoms with van der Waals surface area (Å²) < 4.78 is 12.6. The lowest BCUT2D eigenvalue weighted by molar-refractivity contribution is -0.128. The van der Waals surface area contributed by atoms with E-state index in [4.69, 9.17) is 20.8 Å². The lowest BCUT2D eigenvalue weighted by Gasteiger charge is -2.25. The molecule has 3 aromatic carbocycles. The topological polar surface area (TPSA) is 64.4 Å². The molecule has 0 aliphatic carbocycles. The third kappa shape index (κ3) is 4.50. The average molecular weight is 486 g/mol. The molecular formula is C23H18BrClN2O3. The molecule has 4 rings (SSSR count). The number of benzene rings is 3. The number of hydrogen-bond donors (Lipinski definition) is 1. The molecule has 0 spiro atoms. The van der Waals surface area contributed by atoms with E-state index in [1.165, 1.54) is 0 Å². The van der Waals surface area contributed by atoms with Gasteiger partial charge in [0.15, 0.2) is 11.2 Å². The molecule has 4 aromatic rings. The van der Waals surface area contributed by atoms with Gasteiger partial charge in [-0.15, -0.1) is 0 Å². The minimum Gasteiger partial charge on any atom is -0.478 e. The Morgan fingerprint density at radius 2 is 1.87 bits per heavy atom. The predicted molar refractivity (Wildman–Crippen MR) is 122 cm³/mol. The molecule has 1 N–H and O–H groups in total. The van der Waals surface area contributed by atoms with Crippen molar-refractivity contribution in [1.29, 1.82) is 0 Å². The van der Waals surface area contributed by atoms with Crippen molar-refractivity contribution in [1.82, 2.24) is 4.98 Å². The zero-order chi connectivity index (χ0) is 21.3. The summed E-state index contributed by atoms with van der Waals surface area (Å²) in [7, 11) is 0. The summed E-state index contributed by atoms with van der Waals surface area (Å²) in [6, 6.07) is 19.9. The van der Waals surface area contributed by atoms with Gasteiger partial charge in [0.05, 0.1) is 0 Å². The van der Waals surface area contributed by atoms with E-state index in [0.29, 0.717) is 33.4 Å². The van der Waals surface area contributed by atoms with E-state index in [1.54, 1.807) is 56.3 Å². The Balaban J connectivity index is 1.52. The maximum Gasteiger partial charge on any atom is 0.267 e. The van der Waals surface area contributed by atoms with E-state index < -0.39 is 5.60 Å². The zero-order valence-electron chi connectivity index (χ0n) is 16.3. The average Bonchev–Trinajstić information content (AvgIpc) is 3.13.